The van der Waals surface area contributed by atoms with Gasteiger partial charge in [0.1, 0.15) is 34.2 Å². The van der Waals surface area contributed by atoms with Gasteiger partial charge in [-0.15, -0.1) is 32.9 Å². The second-order valence-electron chi connectivity index (χ2n) is 30.3. The Kier molecular flexibility index (Phi) is 42.9. The van der Waals surface area contributed by atoms with Gasteiger partial charge in [0.15, 0.2) is 56.1 Å². The van der Waals surface area contributed by atoms with Crippen molar-refractivity contribution in [1.82, 2.24) is 66.4 Å². The van der Waals surface area contributed by atoms with Crippen LogP contribution in [-0.2, 0) is 11.1 Å². The fourth-order valence-corrected chi connectivity index (χ4v) is 25.3. The van der Waals surface area contributed by atoms with Crippen LogP contribution in [0.1, 0.15) is 92.9 Å². The number of thiocarbonyl (C=S) groups is 8. The van der Waals surface area contributed by atoms with Crippen molar-refractivity contribution in [3.8, 4) is 22.8 Å². The molecule has 0 radical (unpaired) electrons. The zero-order valence-corrected chi connectivity index (χ0v) is 92.5. The second kappa shape index (κ2) is 56.5. The molecule has 0 bridgehead atoms. The molecule has 6 heterocycles. The monoisotopic (exact) mass is 2260 g/mol. The van der Waals surface area contributed by atoms with E-state index in [1.165, 1.54) is 81.4 Å². The summed E-state index contributed by atoms with van der Waals surface area (Å²) < 4.78 is 15.9. The highest BCUT2D eigenvalue weighted by molar-refractivity contribution is 8.77. The van der Waals surface area contributed by atoms with Crippen molar-refractivity contribution in [2.45, 2.75) is 77.2 Å². The predicted octanol–water partition coefficient (Wildman–Crippen LogP) is 22.0. The number of aromatic nitrogens is 8. The summed E-state index contributed by atoms with van der Waals surface area (Å²) in [5, 5.41) is 35.1. The Morgan fingerprint density at radius 1 is 0.370 bits per heavy atom. The molecule has 0 aliphatic rings. The van der Waals surface area contributed by atoms with E-state index in [0.29, 0.717) is 79.6 Å². The number of nitrogens with zero attached hydrogens (tertiary/aromatic N) is 14. The van der Waals surface area contributed by atoms with Crippen LogP contribution in [-0.4, -0.2) is 136 Å². The summed E-state index contributed by atoms with van der Waals surface area (Å²) in [7, 11) is 12.5. The highest BCUT2D eigenvalue weighted by Crippen LogP contribution is 2.47. The van der Waals surface area contributed by atoms with Gasteiger partial charge in [-0.1, -0.05) is 322 Å². The summed E-state index contributed by atoms with van der Waals surface area (Å²) in [4.78, 5) is 36.7. The Morgan fingerprint density at radius 2 is 0.719 bits per heavy atom. The SMILES string of the molecule is CC(=NCC(=S)NC(c1ccccc1)(c1ccccc1)c1ccccc1)c1ccccc1SSc1ccccc1/C(C)=N/NC(=S)NC(c1ccccc1)(c1ccccc1)c1ccccc1.Cc1nc(-c2ccccc2SSc2ccccc2-c2nc(C)n(C(N)=S)n2)nn1C(N)=S.NC(=S)CN=Cc1ccc(SSc2ccc(/C=N/NC(N)=S)o2)o1.NC(=S)CN=Cc1csc(SSc2nc(/C=N/NC(N)=S)cs2)n1. The second-order valence-corrected chi connectivity index (χ2v) is 44.8. The van der Waals surface area contributed by atoms with E-state index in [1.54, 1.807) is 67.9 Å². The Labute approximate surface area is 926 Å². The first-order chi connectivity index (χ1) is 70.8. The number of nitrogens with two attached hydrogens (primary N) is 6. The third-order valence-corrected chi connectivity index (χ3v) is 33.2. The van der Waals surface area contributed by atoms with E-state index in [4.69, 9.17) is 127 Å². The van der Waals surface area contributed by atoms with Gasteiger partial charge in [-0.3, -0.25) is 31.3 Å². The van der Waals surface area contributed by atoms with E-state index in [9.17, 15) is 0 Å². The molecule has 16 aromatic rings. The van der Waals surface area contributed by atoms with Crippen molar-refractivity contribution in [3.63, 3.8) is 0 Å². The highest BCUT2D eigenvalue weighted by Gasteiger charge is 2.39. The topological polar surface area (TPSA) is 404 Å². The number of furan rings is 2. The van der Waals surface area contributed by atoms with Crippen LogP contribution in [0.4, 0.5) is 0 Å². The van der Waals surface area contributed by atoms with Gasteiger partial charge < -0.3 is 53.9 Å². The van der Waals surface area contributed by atoms with Crippen molar-refractivity contribution in [2.75, 3.05) is 19.6 Å². The van der Waals surface area contributed by atoms with Gasteiger partial charge in [0, 0.05) is 64.5 Å². The summed E-state index contributed by atoms with van der Waals surface area (Å²) in [5.41, 5.74) is 52.9. The van der Waals surface area contributed by atoms with Crippen LogP contribution in [0.2, 0.25) is 0 Å². The smallest absolute Gasteiger partial charge is 0.193 e. The van der Waals surface area contributed by atoms with Gasteiger partial charge in [0.05, 0.1) is 70.3 Å². The van der Waals surface area contributed by atoms with Crippen LogP contribution in [0.25, 0.3) is 22.8 Å². The largest absolute Gasteiger partial charge is 0.448 e. The quantitative estimate of drug-likeness (QED) is 0.00566. The zero-order chi connectivity index (χ0) is 103. The molecule has 17 N–H and O–H groups in total. The number of nitrogens with one attached hydrogen (secondary N) is 5. The van der Waals surface area contributed by atoms with Gasteiger partial charge >= 0.3 is 0 Å². The minimum absolute atomic E-state index is 0.0911. The van der Waals surface area contributed by atoms with Gasteiger partial charge in [-0.25, -0.2) is 19.9 Å². The number of rotatable bonds is 37. The molecule has 146 heavy (non-hydrogen) atoms. The molecular weight excluding hydrogens is 2170 g/mol. The number of hydrazone groups is 3. The Hall–Kier alpha value is -12.4. The zero-order valence-electron chi connectivity index (χ0n) is 77.8. The summed E-state index contributed by atoms with van der Waals surface area (Å²) in [5.74, 6) is 3.62. The Balaban J connectivity index is 0.000000184. The standard InChI is InChI=1S/C57H49N5S4.C20H18N8S4.C13H13N5O2S4.C11H11N7S6/c1-42(58-41-54(63)59-56(44-25-9-3-10-26-44,45-27-11-4-12-28-45)46-29-13-5-14-30-46)50-37-21-23-39-52(50)65-66-53-40-24-22-38-51(53)43(2)61-62-55(64)60-57(47-31-15-6-16-32-47,48-33-17-7-18-34-48)49-35-19-8-20-36-49;1-11-23-17(25-27(11)19(21)29)13-7-3-5-9-15(13)31-32-16-10-6-4-8-14(16)18-24-12(2)28(26-18)20(22)30;14-10(21)7-16-5-8-1-3-11(19-8)23-24-12-4-2-9(20-12)6-17-18-13(15)22;12-8(19)3-14-1-6-4-21-10(16-6)23-24-11-17-7(5-22-11)2-15-18-9(13)20/h3-40H,41H2,1-2H3,(H,59,63)(H2,60,62,64);3-10H,1-2H3,(H2,21,29)(H2,22,30);1-6H,7H2,(H2,14,21)(H3,15,18,22);1-2,4-5H,3H2,(H2,12,19)(H3,13,18,20)/b58-42?,61-43+;;16-5?,17-6+;14-1?,15-2+. The van der Waals surface area contributed by atoms with Crippen molar-refractivity contribution >= 4 is 284 Å². The molecule has 0 aliphatic carbocycles. The first-order valence-electron chi connectivity index (χ1n) is 43.6. The molecule has 0 aliphatic heterocycles. The number of thiazole rings is 2. The summed E-state index contributed by atoms with van der Waals surface area (Å²) in [6.45, 7) is 8.65. The third kappa shape index (κ3) is 32.3. The molecule has 16 rings (SSSR count). The maximum Gasteiger partial charge on any atom is 0.193 e. The van der Waals surface area contributed by atoms with Crippen LogP contribution in [0.5, 0.6) is 0 Å². The van der Waals surface area contributed by atoms with E-state index in [-0.39, 0.29) is 20.4 Å². The van der Waals surface area contributed by atoms with Crippen LogP contribution < -0.4 is 61.3 Å². The van der Waals surface area contributed by atoms with Crippen molar-refractivity contribution in [2.24, 2.45) is 64.7 Å². The van der Waals surface area contributed by atoms with E-state index in [2.05, 4.69) is 297 Å². The van der Waals surface area contributed by atoms with Crippen LogP contribution in [0.3, 0.4) is 0 Å². The molecule has 0 fully saturated rings. The highest BCUT2D eigenvalue weighted by atomic mass is 33.1. The average Bonchev–Trinajstić information content (AvgIpc) is 0.765. The number of hydrogen-bond donors (Lipinski definition) is 11. The van der Waals surface area contributed by atoms with Gasteiger partial charge in [0.2, 0.25) is 0 Å². The molecule has 45 heteroatoms. The number of hydrogen-bond acceptors (Lipinski definition) is 32. The molecule has 0 amide bonds. The molecule has 0 atom stereocenters. The molecule has 10 aromatic carbocycles. The van der Waals surface area contributed by atoms with Gasteiger partial charge in [0.25, 0.3) is 0 Å². The molecule has 0 saturated carbocycles. The third-order valence-electron chi connectivity index (χ3n) is 20.1. The van der Waals surface area contributed by atoms with E-state index >= 15 is 0 Å². The molecule has 0 spiro atoms. The first-order valence-corrected chi connectivity index (χ1v) is 57.3. The molecule has 27 nitrogen and oxygen atoms in total. The molecule has 6 aromatic heterocycles. The molecule has 0 saturated heterocycles. The van der Waals surface area contributed by atoms with E-state index < -0.39 is 11.1 Å². The molecule has 0 unspecified atom stereocenters. The lowest BCUT2D eigenvalue weighted by molar-refractivity contribution is 0.467. The van der Waals surface area contributed by atoms with Gasteiger partial charge in [-0.05, 0) is 226 Å². The maximum atomic E-state index is 6.13. The summed E-state index contributed by atoms with van der Waals surface area (Å²) in [6.07, 6.45) is 6.29. The van der Waals surface area contributed by atoms with Crippen LogP contribution >= 0.6 is 207 Å². The lowest BCUT2D eigenvalue weighted by Crippen LogP contribution is -2.50. The molecular formula is C101H91N25O2S18. The minimum Gasteiger partial charge on any atom is -0.448 e. The fraction of sp³-hybridized carbons (Fsp3) is 0.0891. The number of benzene rings is 10. The summed E-state index contributed by atoms with van der Waals surface area (Å²) >= 11 is 44.1. The minimum atomic E-state index is -0.769. The lowest BCUT2D eigenvalue weighted by Gasteiger charge is -2.37. The number of aryl methyl sites for hydroxylation is 2. The molecule has 740 valence electrons. The van der Waals surface area contributed by atoms with Crippen molar-refractivity contribution < 1.29 is 8.83 Å². The van der Waals surface area contributed by atoms with Crippen molar-refractivity contribution in [1.29, 1.82) is 0 Å². The summed E-state index contributed by atoms with van der Waals surface area (Å²) in [6, 6.07) is 102. The Bertz CT molecular complexity index is 6610. The van der Waals surface area contributed by atoms with Crippen molar-refractivity contribution in [3.05, 3.63) is 393 Å². The normalized spacial score (nSPS) is 11.5. The lowest BCUT2D eigenvalue weighted by atomic mass is 9.77. The van der Waals surface area contributed by atoms with E-state index in [0.717, 1.165) is 112 Å². The maximum absolute atomic E-state index is 6.13. The van der Waals surface area contributed by atoms with Crippen LogP contribution in [0, 0.1) is 13.8 Å². The number of aliphatic imine (C=N–C) groups is 3. The first kappa shape index (κ1) is 111. The fourth-order valence-electron chi connectivity index (χ4n) is 13.8. The average molecular weight is 2260 g/mol. The Morgan fingerprint density at radius 3 is 1.12 bits per heavy atom. The van der Waals surface area contributed by atoms with E-state index in [1.807, 2.05) is 141 Å². The van der Waals surface area contributed by atoms with Crippen LogP contribution in [0.15, 0.2) is 392 Å². The predicted molar refractivity (Wildman–Crippen MR) is 642 cm³/mol. The van der Waals surface area contributed by atoms with Gasteiger partial charge in [-0.2, -0.15) is 24.7 Å².